The molecule has 0 radical (unpaired) electrons. The Morgan fingerprint density at radius 2 is 2.05 bits per heavy atom. The van der Waals surface area contributed by atoms with E-state index >= 15 is 0 Å². The Balaban J connectivity index is 0.00000220. The van der Waals surface area contributed by atoms with Gasteiger partial charge in [-0.3, -0.25) is 4.79 Å². The zero-order valence-electron chi connectivity index (χ0n) is 12.7. The van der Waals surface area contributed by atoms with Crippen molar-refractivity contribution in [2.75, 3.05) is 19.6 Å². The number of hydrogen-bond acceptors (Lipinski definition) is 2. The predicted octanol–water partition coefficient (Wildman–Crippen LogP) is 3.78. The number of nitrogens with zero attached hydrogens (tertiary/aromatic N) is 1. The SMILES string of the molecule is CCCN(C(=O)c1ccc(Br)c(C)c1)C1CCNCC1.Cl. The largest absolute Gasteiger partial charge is 0.336 e. The van der Waals surface area contributed by atoms with Gasteiger partial charge >= 0.3 is 0 Å². The molecule has 0 spiro atoms. The highest BCUT2D eigenvalue weighted by Crippen LogP contribution is 2.21. The maximum absolute atomic E-state index is 12.8. The molecule has 21 heavy (non-hydrogen) atoms. The predicted molar refractivity (Wildman–Crippen MR) is 93.3 cm³/mol. The van der Waals surface area contributed by atoms with Crippen LogP contribution in [0.4, 0.5) is 0 Å². The molecule has 1 heterocycles. The van der Waals surface area contributed by atoms with E-state index in [1.54, 1.807) is 0 Å². The second-order valence-corrected chi connectivity index (χ2v) is 6.30. The number of benzene rings is 1. The van der Waals surface area contributed by atoms with Crippen molar-refractivity contribution in [1.82, 2.24) is 10.2 Å². The van der Waals surface area contributed by atoms with Crippen LogP contribution in [-0.4, -0.2) is 36.5 Å². The van der Waals surface area contributed by atoms with Crippen LogP contribution in [0.3, 0.4) is 0 Å². The van der Waals surface area contributed by atoms with E-state index in [1.807, 2.05) is 25.1 Å². The van der Waals surface area contributed by atoms with Crippen LogP contribution in [0.5, 0.6) is 0 Å². The summed E-state index contributed by atoms with van der Waals surface area (Å²) in [6.45, 7) is 7.03. The van der Waals surface area contributed by atoms with Gasteiger partial charge in [-0.2, -0.15) is 0 Å². The summed E-state index contributed by atoms with van der Waals surface area (Å²) in [5.41, 5.74) is 1.91. The summed E-state index contributed by atoms with van der Waals surface area (Å²) in [6.07, 6.45) is 3.12. The summed E-state index contributed by atoms with van der Waals surface area (Å²) in [5, 5.41) is 3.36. The molecular weight excluding hydrogens is 352 g/mol. The molecular formula is C16H24BrClN2O. The molecule has 1 aliphatic rings. The molecule has 0 atom stereocenters. The number of hydrogen-bond donors (Lipinski definition) is 1. The molecule has 0 bridgehead atoms. The van der Waals surface area contributed by atoms with Crippen LogP contribution < -0.4 is 5.32 Å². The van der Waals surface area contributed by atoms with Crippen molar-refractivity contribution >= 4 is 34.2 Å². The third kappa shape index (κ3) is 4.70. The first kappa shape index (κ1) is 18.5. The second kappa shape index (κ2) is 8.76. The molecule has 1 aromatic rings. The smallest absolute Gasteiger partial charge is 0.254 e. The molecule has 0 aliphatic carbocycles. The first-order chi connectivity index (χ1) is 9.63. The van der Waals surface area contributed by atoms with Crippen molar-refractivity contribution in [3.05, 3.63) is 33.8 Å². The van der Waals surface area contributed by atoms with E-state index in [9.17, 15) is 4.79 Å². The van der Waals surface area contributed by atoms with Crippen LogP contribution in [0.15, 0.2) is 22.7 Å². The normalized spacial score (nSPS) is 15.4. The molecule has 118 valence electrons. The maximum atomic E-state index is 12.8. The van der Waals surface area contributed by atoms with Gasteiger partial charge in [-0.1, -0.05) is 22.9 Å². The van der Waals surface area contributed by atoms with Gasteiger partial charge in [-0.05, 0) is 63.0 Å². The van der Waals surface area contributed by atoms with E-state index in [-0.39, 0.29) is 18.3 Å². The number of amides is 1. The van der Waals surface area contributed by atoms with Crippen molar-refractivity contribution < 1.29 is 4.79 Å². The summed E-state index contributed by atoms with van der Waals surface area (Å²) in [5.74, 6) is 0.175. The van der Waals surface area contributed by atoms with E-state index in [1.165, 1.54) is 0 Å². The van der Waals surface area contributed by atoms with Crippen LogP contribution in [0.25, 0.3) is 0 Å². The standard InChI is InChI=1S/C16H23BrN2O.ClH/c1-3-10-19(14-6-8-18-9-7-14)16(20)13-4-5-15(17)12(2)11-13;/h4-5,11,14,18H,3,6-10H2,1-2H3;1H. The Morgan fingerprint density at radius 3 is 2.62 bits per heavy atom. The summed E-state index contributed by atoms with van der Waals surface area (Å²) < 4.78 is 1.05. The zero-order valence-corrected chi connectivity index (χ0v) is 15.1. The van der Waals surface area contributed by atoms with Crippen molar-refractivity contribution in [3.63, 3.8) is 0 Å². The lowest BCUT2D eigenvalue weighted by atomic mass is 10.0. The summed E-state index contributed by atoms with van der Waals surface area (Å²) in [6, 6.07) is 6.25. The van der Waals surface area contributed by atoms with Crippen LogP contribution in [-0.2, 0) is 0 Å². The van der Waals surface area contributed by atoms with Crippen LogP contribution >= 0.6 is 28.3 Å². The van der Waals surface area contributed by atoms with Crippen molar-refractivity contribution in [2.24, 2.45) is 0 Å². The average Bonchev–Trinajstić information content (AvgIpc) is 2.48. The van der Waals surface area contributed by atoms with Crippen LogP contribution in [0.1, 0.15) is 42.1 Å². The molecule has 1 aliphatic heterocycles. The first-order valence-electron chi connectivity index (χ1n) is 7.41. The van der Waals surface area contributed by atoms with Crippen molar-refractivity contribution in [1.29, 1.82) is 0 Å². The highest BCUT2D eigenvalue weighted by molar-refractivity contribution is 9.10. The molecule has 0 unspecified atom stereocenters. The van der Waals surface area contributed by atoms with Gasteiger partial charge < -0.3 is 10.2 Å². The Morgan fingerprint density at radius 1 is 1.38 bits per heavy atom. The van der Waals surface area contributed by atoms with Gasteiger partial charge in [0.05, 0.1) is 0 Å². The number of carbonyl (C=O) groups is 1. The molecule has 1 saturated heterocycles. The number of carbonyl (C=O) groups excluding carboxylic acids is 1. The van der Waals surface area contributed by atoms with Gasteiger partial charge in [0.15, 0.2) is 0 Å². The van der Waals surface area contributed by atoms with Crippen molar-refractivity contribution in [3.8, 4) is 0 Å². The van der Waals surface area contributed by atoms with E-state index < -0.39 is 0 Å². The van der Waals surface area contributed by atoms with Gasteiger partial charge in [0.1, 0.15) is 0 Å². The lowest BCUT2D eigenvalue weighted by Crippen LogP contribution is -2.46. The monoisotopic (exact) mass is 374 g/mol. The quantitative estimate of drug-likeness (QED) is 0.868. The average molecular weight is 376 g/mol. The van der Waals surface area contributed by atoms with Crippen molar-refractivity contribution in [2.45, 2.75) is 39.2 Å². The van der Waals surface area contributed by atoms with Gasteiger partial charge in [0, 0.05) is 22.6 Å². The van der Waals surface area contributed by atoms with Gasteiger partial charge in [0.2, 0.25) is 0 Å². The molecule has 0 aromatic heterocycles. The molecule has 1 amide bonds. The van der Waals surface area contributed by atoms with E-state index in [2.05, 4.69) is 33.1 Å². The highest BCUT2D eigenvalue weighted by atomic mass is 79.9. The van der Waals surface area contributed by atoms with E-state index in [0.717, 1.165) is 54.5 Å². The second-order valence-electron chi connectivity index (χ2n) is 5.44. The molecule has 2 rings (SSSR count). The third-order valence-electron chi connectivity index (χ3n) is 3.88. The van der Waals surface area contributed by atoms with Gasteiger partial charge in [-0.25, -0.2) is 0 Å². The maximum Gasteiger partial charge on any atom is 0.254 e. The number of rotatable bonds is 4. The third-order valence-corrected chi connectivity index (χ3v) is 4.77. The fourth-order valence-corrected chi connectivity index (χ4v) is 3.00. The van der Waals surface area contributed by atoms with E-state index in [4.69, 9.17) is 0 Å². The minimum Gasteiger partial charge on any atom is -0.336 e. The van der Waals surface area contributed by atoms with Crippen LogP contribution in [0.2, 0.25) is 0 Å². The number of aryl methyl sites for hydroxylation is 1. The molecule has 5 heteroatoms. The summed E-state index contributed by atoms with van der Waals surface area (Å²) >= 11 is 3.49. The number of nitrogens with one attached hydrogen (secondary N) is 1. The van der Waals surface area contributed by atoms with Gasteiger partial charge in [0.25, 0.3) is 5.91 Å². The Bertz CT molecular complexity index is 475. The fourth-order valence-electron chi connectivity index (χ4n) is 2.75. The fraction of sp³-hybridized carbons (Fsp3) is 0.562. The Hall–Kier alpha value is -0.580. The highest BCUT2D eigenvalue weighted by Gasteiger charge is 2.25. The molecule has 1 N–H and O–H groups in total. The lowest BCUT2D eigenvalue weighted by Gasteiger charge is -2.34. The molecule has 0 saturated carbocycles. The zero-order chi connectivity index (χ0) is 14.5. The Labute approximate surface area is 142 Å². The molecule has 3 nitrogen and oxygen atoms in total. The summed E-state index contributed by atoms with van der Waals surface area (Å²) in [4.78, 5) is 14.9. The number of piperidine rings is 1. The topological polar surface area (TPSA) is 32.3 Å². The van der Waals surface area contributed by atoms with E-state index in [0.29, 0.717) is 6.04 Å². The number of halogens is 2. The van der Waals surface area contributed by atoms with Gasteiger partial charge in [-0.15, -0.1) is 12.4 Å². The lowest BCUT2D eigenvalue weighted by molar-refractivity contribution is 0.0642. The minimum absolute atomic E-state index is 0. The van der Waals surface area contributed by atoms with Crippen LogP contribution in [0, 0.1) is 6.92 Å². The molecule has 1 aromatic carbocycles. The summed E-state index contributed by atoms with van der Waals surface area (Å²) in [7, 11) is 0. The Kier molecular flexibility index (Phi) is 7.71. The first-order valence-corrected chi connectivity index (χ1v) is 8.20. The minimum atomic E-state index is 0. The molecule has 1 fully saturated rings.